The lowest BCUT2D eigenvalue weighted by Crippen LogP contribution is -2.46. The van der Waals surface area contributed by atoms with E-state index in [1.54, 1.807) is 0 Å². The molecule has 0 amide bonds. The van der Waals surface area contributed by atoms with Crippen molar-refractivity contribution in [3.05, 3.63) is 35.9 Å². The fourth-order valence-corrected chi connectivity index (χ4v) is 4.46. The number of likely N-dealkylation sites (tertiary alicyclic amines) is 1. The van der Waals surface area contributed by atoms with Crippen LogP contribution in [0.5, 0.6) is 0 Å². The minimum atomic E-state index is 0.578. The zero-order valence-electron chi connectivity index (χ0n) is 12.9. The summed E-state index contributed by atoms with van der Waals surface area (Å²) in [7, 11) is 0. The molecule has 2 nitrogen and oxygen atoms in total. The predicted octanol–water partition coefficient (Wildman–Crippen LogP) is 3.29. The van der Waals surface area contributed by atoms with E-state index in [2.05, 4.69) is 54.4 Å². The second-order valence-electron chi connectivity index (χ2n) is 6.87. The highest BCUT2D eigenvalue weighted by Gasteiger charge is 2.47. The van der Waals surface area contributed by atoms with Gasteiger partial charge in [-0.2, -0.15) is 0 Å². The second-order valence-corrected chi connectivity index (χ2v) is 6.87. The first-order valence-corrected chi connectivity index (χ1v) is 8.22. The molecule has 0 aromatic heterocycles. The zero-order chi connectivity index (χ0) is 14.0. The van der Waals surface area contributed by atoms with Gasteiger partial charge in [-0.25, -0.2) is 0 Å². The number of piperidine rings is 1. The van der Waals surface area contributed by atoms with Crippen LogP contribution in [0.2, 0.25) is 0 Å². The minimum Gasteiger partial charge on any atom is -0.316 e. The van der Waals surface area contributed by atoms with Crippen molar-refractivity contribution >= 4 is 0 Å². The van der Waals surface area contributed by atoms with Crippen LogP contribution in [0.1, 0.15) is 38.7 Å². The summed E-state index contributed by atoms with van der Waals surface area (Å²) in [5.74, 6) is 0.861. The van der Waals surface area contributed by atoms with Gasteiger partial charge in [-0.1, -0.05) is 43.7 Å². The SMILES string of the molecule is CCC1CNCCC12CC(C)N(Cc1ccccc1)C2. The molecule has 2 fully saturated rings. The van der Waals surface area contributed by atoms with Crippen LogP contribution in [0.4, 0.5) is 0 Å². The van der Waals surface area contributed by atoms with Crippen molar-refractivity contribution in [1.29, 1.82) is 0 Å². The van der Waals surface area contributed by atoms with E-state index in [1.165, 1.54) is 44.5 Å². The maximum atomic E-state index is 3.60. The van der Waals surface area contributed by atoms with Crippen LogP contribution in [0, 0.1) is 11.3 Å². The molecule has 1 aromatic rings. The molecular formula is C18H28N2. The highest BCUT2D eigenvalue weighted by molar-refractivity contribution is 5.15. The number of benzene rings is 1. The molecule has 2 aliphatic rings. The van der Waals surface area contributed by atoms with E-state index in [-0.39, 0.29) is 0 Å². The maximum Gasteiger partial charge on any atom is 0.0236 e. The van der Waals surface area contributed by atoms with Crippen LogP contribution in [-0.4, -0.2) is 30.6 Å². The average Bonchev–Trinajstić information content (AvgIpc) is 2.77. The minimum absolute atomic E-state index is 0.578. The van der Waals surface area contributed by atoms with E-state index in [4.69, 9.17) is 0 Å². The van der Waals surface area contributed by atoms with Crippen LogP contribution in [0.15, 0.2) is 30.3 Å². The lowest BCUT2D eigenvalue weighted by molar-refractivity contribution is 0.108. The van der Waals surface area contributed by atoms with Crippen molar-refractivity contribution in [3.63, 3.8) is 0 Å². The van der Waals surface area contributed by atoms with Crippen molar-refractivity contribution in [2.45, 2.75) is 45.7 Å². The number of hydrogen-bond acceptors (Lipinski definition) is 2. The summed E-state index contributed by atoms with van der Waals surface area (Å²) in [6.07, 6.45) is 4.07. The third kappa shape index (κ3) is 2.64. The molecule has 110 valence electrons. The molecule has 1 spiro atoms. The normalized spacial score (nSPS) is 34.7. The Labute approximate surface area is 123 Å². The van der Waals surface area contributed by atoms with Gasteiger partial charge in [-0.3, -0.25) is 4.90 Å². The van der Waals surface area contributed by atoms with Gasteiger partial charge in [0.05, 0.1) is 0 Å². The molecule has 2 heterocycles. The van der Waals surface area contributed by atoms with Crippen molar-refractivity contribution < 1.29 is 0 Å². The van der Waals surface area contributed by atoms with Gasteiger partial charge in [0, 0.05) is 19.1 Å². The average molecular weight is 272 g/mol. The molecule has 2 saturated heterocycles. The first kappa shape index (κ1) is 14.1. The maximum absolute atomic E-state index is 3.60. The molecule has 3 rings (SSSR count). The Balaban J connectivity index is 1.72. The van der Waals surface area contributed by atoms with Gasteiger partial charge in [0.1, 0.15) is 0 Å². The van der Waals surface area contributed by atoms with E-state index in [0.717, 1.165) is 18.5 Å². The Kier molecular flexibility index (Phi) is 4.13. The highest BCUT2D eigenvalue weighted by atomic mass is 15.2. The van der Waals surface area contributed by atoms with Gasteiger partial charge in [-0.15, -0.1) is 0 Å². The Hall–Kier alpha value is -0.860. The quantitative estimate of drug-likeness (QED) is 0.908. The Morgan fingerprint density at radius 2 is 2.10 bits per heavy atom. The van der Waals surface area contributed by atoms with Crippen LogP contribution < -0.4 is 5.32 Å². The zero-order valence-corrected chi connectivity index (χ0v) is 12.9. The van der Waals surface area contributed by atoms with Crippen LogP contribution in [0.3, 0.4) is 0 Å². The first-order chi connectivity index (χ1) is 9.73. The number of nitrogens with one attached hydrogen (secondary N) is 1. The van der Waals surface area contributed by atoms with E-state index < -0.39 is 0 Å². The van der Waals surface area contributed by atoms with Crippen molar-refractivity contribution in [3.8, 4) is 0 Å². The second kappa shape index (κ2) is 5.87. The lowest BCUT2D eigenvalue weighted by atomic mass is 9.68. The van der Waals surface area contributed by atoms with Gasteiger partial charge in [0.15, 0.2) is 0 Å². The molecule has 20 heavy (non-hydrogen) atoms. The van der Waals surface area contributed by atoms with Crippen LogP contribution in [-0.2, 0) is 6.54 Å². The third-order valence-electron chi connectivity index (χ3n) is 5.62. The van der Waals surface area contributed by atoms with Gasteiger partial charge >= 0.3 is 0 Å². The van der Waals surface area contributed by atoms with Gasteiger partial charge < -0.3 is 5.32 Å². The van der Waals surface area contributed by atoms with E-state index in [0.29, 0.717) is 5.41 Å². The first-order valence-electron chi connectivity index (χ1n) is 8.22. The molecule has 3 atom stereocenters. The summed E-state index contributed by atoms with van der Waals surface area (Å²) >= 11 is 0. The summed E-state index contributed by atoms with van der Waals surface area (Å²) < 4.78 is 0. The fourth-order valence-electron chi connectivity index (χ4n) is 4.46. The summed E-state index contributed by atoms with van der Waals surface area (Å²) in [6.45, 7) is 9.64. The molecule has 0 aliphatic carbocycles. The van der Waals surface area contributed by atoms with Crippen LogP contribution in [0.25, 0.3) is 0 Å². The van der Waals surface area contributed by atoms with E-state index >= 15 is 0 Å². The monoisotopic (exact) mass is 272 g/mol. The molecule has 0 radical (unpaired) electrons. The lowest BCUT2D eigenvalue weighted by Gasteiger charge is -2.41. The fraction of sp³-hybridized carbons (Fsp3) is 0.667. The largest absolute Gasteiger partial charge is 0.316 e. The summed E-state index contributed by atoms with van der Waals surface area (Å²) in [4.78, 5) is 2.71. The molecular weight excluding hydrogens is 244 g/mol. The van der Waals surface area contributed by atoms with Gasteiger partial charge in [-0.05, 0) is 49.8 Å². The number of rotatable bonds is 3. The van der Waals surface area contributed by atoms with Gasteiger partial charge in [0.2, 0.25) is 0 Å². The topological polar surface area (TPSA) is 15.3 Å². The van der Waals surface area contributed by atoms with Crippen molar-refractivity contribution in [1.82, 2.24) is 10.2 Å². The summed E-state index contributed by atoms with van der Waals surface area (Å²) in [5.41, 5.74) is 2.03. The molecule has 2 aliphatic heterocycles. The molecule has 0 bridgehead atoms. The van der Waals surface area contributed by atoms with Crippen molar-refractivity contribution in [2.24, 2.45) is 11.3 Å². The summed E-state index contributed by atoms with van der Waals surface area (Å²) in [5, 5.41) is 3.60. The molecule has 2 heteroatoms. The van der Waals surface area contributed by atoms with Gasteiger partial charge in [0.25, 0.3) is 0 Å². The molecule has 0 saturated carbocycles. The molecule has 1 aromatic carbocycles. The number of hydrogen-bond donors (Lipinski definition) is 1. The Bertz CT molecular complexity index is 430. The smallest absolute Gasteiger partial charge is 0.0236 e. The predicted molar refractivity (Wildman–Crippen MR) is 84.6 cm³/mol. The Morgan fingerprint density at radius 1 is 1.30 bits per heavy atom. The number of nitrogens with zero attached hydrogens (tertiary/aromatic N) is 1. The Morgan fingerprint density at radius 3 is 2.85 bits per heavy atom. The van der Waals surface area contributed by atoms with E-state index in [1.807, 2.05) is 0 Å². The van der Waals surface area contributed by atoms with Crippen LogP contribution >= 0.6 is 0 Å². The van der Waals surface area contributed by atoms with E-state index in [9.17, 15) is 0 Å². The molecule has 3 unspecified atom stereocenters. The highest BCUT2D eigenvalue weighted by Crippen LogP contribution is 2.46. The summed E-state index contributed by atoms with van der Waals surface area (Å²) in [6, 6.07) is 11.7. The van der Waals surface area contributed by atoms with Crippen molar-refractivity contribution in [2.75, 3.05) is 19.6 Å². The molecule has 1 N–H and O–H groups in total. The third-order valence-corrected chi connectivity index (χ3v) is 5.62. The standard InChI is InChI=1S/C18H28N2/c1-3-17-12-19-10-9-18(17)11-15(2)20(14-18)13-16-7-5-4-6-8-16/h4-8,15,17,19H,3,9-14H2,1-2H3.